The third kappa shape index (κ3) is 2.05. The number of benzene rings is 2. The molecule has 1 N–H and O–H groups in total. The van der Waals surface area contributed by atoms with Crippen molar-refractivity contribution in [1.29, 1.82) is 0 Å². The predicted octanol–water partition coefficient (Wildman–Crippen LogP) is 4.47. The van der Waals surface area contributed by atoms with Gasteiger partial charge in [0, 0.05) is 16.7 Å². The van der Waals surface area contributed by atoms with Gasteiger partial charge in [-0.25, -0.2) is 0 Å². The van der Waals surface area contributed by atoms with E-state index >= 15 is 0 Å². The van der Waals surface area contributed by atoms with Gasteiger partial charge in [-0.15, -0.1) is 0 Å². The SMILES string of the molecule is O=c1c(-c2ccccc2Cl)coc2cc(O)cc(Cl)c12. The van der Waals surface area contributed by atoms with E-state index in [1.807, 2.05) is 0 Å². The zero-order valence-electron chi connectivity index (χ0n) is 10.1. The van der Waals surface area contributed by atoms with E-state index in [4.69, 9.17) is 27.6 Å². The summed E-state index contributed by atoms with van der Waals surface area (Å²) in [5, 5.41) is 10.3. The van der Waals surface area contributed by atoms with E-state index in [0.717, 1.165) is 0 Å². The first kappa shape index (κ1) is 13.0. The molecule has 2 aromatic carbocycles. The Hall–Kier alpha value is -1.97. The van der Waals surface area contributed by atoms with Crippen LogP contribution >= 0.6 is 23.2 Å². The van der Waals surface area contributed by atoms with E-state index in [2.05, 4.69) is 0 Å². The first-order chi connectivity index (χ1) is 9.58. The van der Waals surface area contributed by atoms with Gasteiger partial charge in [-0.3, -0.25) is 4.79 Å². The number of aromatic hydroxyl groups is 1. The highest BCUT2D eigenvalue weighted by molar-refractivity contribution is 6.35. The van der Waals surface area contributed by atoms with E-state index in [0.29, 0.717) is 16.1 Å². The van der Waals surface area contributed by atoms with Crippen LogP contribution in [0.2, 0.25) is 10.0 Å². The second-order valence-corrected chi connectivity index (χ2v) is 5.07. The lowest BCUT2D eigenvalue weighted by Gasteiger charge is -2.06. The smallest absolute Gasteiger partial charge is 0.202 e. The molecule has 3 rings (SSSR count). The largest absolute Gasteiger partial charge is 0.508 e. The van der Waals surface area contributed by atoms with Gasteiger partial charge in [0.15, 0.2) is 0 Å². The summed E-state index contributed by atoms with van der Waals surface area (Å²) >= 11 is 12.1. The van der Waals surface area contributed by atoms with Crippen LogP contribution in [0.15, 0.2) is 51.9 Å². The lowest BCUT2D eigenvalue weighted by Crippen LogP contribution is -2.05. The fourth-order valence-corrected chi connectivity index (χ4v) is 2.59. The summed E-state index contributed by atoms with van der Waals surface area (Å²) in [5.74, 6) is -0.0591. The molecule has 0 aliphatic heterocycles. The zero-order chi connectivity index (χ0) is 14.3. The summed E-state index contributed by atoms with van der Waals surface area (Å²) in [5.41, 5.74) is 0.852. The van der Waals surface area contributed by atoms with Crippen LogP contribution in [-0.4, -0.2) is 5.11 Å². The molecule has 0 spiro atoms. The van der Waals surface area contributed by atoms with Crippen molar-refractivity contribution in [3.8, 4) is 16.9 Å². The normalized spacial score (nSPS) is 10.9. The quantitative estimate of drug-likeness (QED) is 0.721. The van der Waals surface area contributed by atoms with Crippen LogP contribution < -0.4 is 5.43 Å². The summed E-state index contributed by atoms with van der Waals surface area (Å²) in [6.45, 7) is 0. The first-order valence-corrected chi connectivity index (χ1v) is 6.52. The Morgan fingerprint density at radius 3 is 2.50 bits per heavy atom. The molecule has 0 saturated heterocycles. The van der Waals surface area contributed by atoms with Crippen LogP contribution in [0.3, 0.4) is 0 Å². The maximum atomic E-state index is 12.5. The summed E-state index contributed by atoms with van der Waals surface area (Å²) < 4.78 is 5.39. The monoisotopic (exact) mass is 306 g/mol. The Kier molecular flexibility index (Phi) is 3.16. The molecule has 0 bridgehead atoms. The molecular formula is C15H8Cl2O3. The van der Waals surface area contributed by atoms with E-state index < -0.39 is 0 Å². The molecule has 5 heteroatoms. The highest BCUT2D eigenvalue weighted by Gasteiger charge is 2.14. The van der Waals surface area contributed by atoms with Crippen LogP contribution in [0.5, 0.6) is 5.75 Å². The number of hydrogen-bond acceptors (Lipinski definition) is 3. The third-order valence-electron chi connectivity index (χ3n) is 2.98. The van der Waals surface area contributed by atoms with Crippen molar-refractivity contribution < 1.29 is 9.52 Å². The van der Waals surface area contributed by atoms with Crippen molar-refractivity contribution in [2.75, 3.05) is 0 Å². The van der Waals surface area contributed by atoms with Gasteiger partial charge in [0.2, 0.25) is 5.43 Å². The molecule has 0 saturated carbocycles. The molecule has 0 unspecified atom stereocenters. The van der Waals surface area contributed by atoms with Crippen molar-refractivity contribution >= 4 is 34.2 Å². The molecule has 0 aliphatic carbocycles. The second-order valence-electron chi connectivity index (χ2n) is 4.26. The molecular weight excluding hydrogens is 299 g/mol. The molecule has 0 aliphatic rings. The van der Waals surface area contributed by atoms with Gasteiger partial charge in [-0.05, 0) is 12.1 Å². The molecule has 1 aromatic heterocycles. The Morgan fingerprint density at radius 1 is 1.00 bits per heavy atom. The number of phenolic OH excluding ortho intramolecular Hbond substituents is 1. The minimum absolute atomic E-state index is 0.0591. The van der Waals surface area contributed by atoms with E-state index in [9.17, 15) is 9.90 Å². The summed E-state index contributed by atoms with van der Waals surface area (Å²) in [6, 6.07) is 9.63. The number of rotatable bonds is 1. The van der Waals surface area contributed by atoms with Gasteiger partial charge in [0.1, 0.15) is 17.6 Å². The second kappa shape index (κ2) is 4.85. The summed E-state index contributed by atoms with van der Waals surface area (Å²) in [6.07, 6.45) is 1.32. The average molecular weight is 307 g/mol. The number of hydrogen-bond donors (Lipinski definition) is 1. The number of phenols is 1. The standard InChI is InChI=1S/C15H8Cl2O3/c16-11-4-2-1-3-9(11)10-7-20-13-6-8(18)5-12(17)14(13)15(10)19/h1-7,18H. The van der Waals surface area contributed by atoms with E-state index in [1.54, 1.807) is 24.3 Å². The number of fused-ring (bicyclic) bond motifs is 1. The number of halogens is 2. The minimum Gasteiger partial charge on any atom is -0.508 e. The van der Waals surface area contributed by atoms with Crippen LogP contribution in [-0.2, 0) is 0 Å². The lowest BCUT2D eigenvalue weighted by molar-refractivity contribution is 0.474. The Morgan fingerprint density at radius 2 is 1.75 bits per heavy atom. The molecule has 0 radical (unpaired) electrons. The topological polar surface area (TPSA) is 50.4 Å². The van der Waals surface area contributed by atoms with Crippen molar-refractivity contribution in [3.05, 3.63) is 62.9 Å². The maximum Gasteiger partial charge on any atom is 0.202 e. The summed E-state index contributed by atoms with van der Waals surface area (Å²) in [7, 11) is 0. The predicted molar refractivity (Wildman–Crippen MR) is 79.6 cm³/mol. The summed E-state index contributed by atoms with van der Waals surface area (Å²) in [4.78, 5) is 12.5. The van der Waals surface area contributed by atoms with Gasteiger partial charge in [-0.1, -0.05) is 41.4 Å². The first-order valence-electron chi connectivity index (χ1n) is 5.77. The molecule has 1 heterocycles. The molecule has 0 atom stereocenters. The minimum atomic E-state index is -0.288. The highest BCUT2D eigenvalue weighted by atomic mass is 35.5. The fraction of sp³-hybridized carbons (Fsp3) is 0. The van der Waals surface area contributed by atoms with Gasteiger partial charge < -0.3 is 9.52 Å². The Bertz CT molecular complexity index is 869. The van der Waals surface area contributed by atoms with Crippen LogP contribution in [0, 0.1) is 0 Å². The van der Waals surface area contributed by atoms with Crippen molar-refractivity contribution in [2.24, 2.45) is 0 Å². The molecule has 0 fully saturated rings. The molecule has 3 nitrogen and oxygen atoms in total. The molecule has 3 aromatic rings. The molecule has 20 heavy (non-hydrogen) atoms. The van der Waals surface area contributed by atoms with Gasteiger partial charge in [0.25, 0.3) is 0 Å². The fourth-order valence-electron chi connectivity index (χ4n) is 2.06. The third-order valence-corrected chi connectivity index (χ3v) is 3.61. The van der Waals surface area contributed by atoms with Crippen molar-refractivity contribution in [2.45, 2.75) is 0 Å². The van der Waals surface area contributed by atoms with Gasteiger partial charge in [-0.2, -0.15) is 0 Å². The Labute approximate surface area is 124 Å². The Balaban J connectivity index is 2.38. The van der Waals surface area contributed by atoms with E-state index in [-0.39, 0.29) is 27.2 Å². The molecule has 100 valence electrons. The van der Waals surface area contributed by atoms with E-state index in [1.165, 1.54) is 18.4 Å². The lowest BCUT2D eigenvalue weighted by atomic mass is 10.1. The van der Waals surface area contributed by atoms with Gasteiger partial charge >= 0.3 is 0 Å². The van der Waals surface area contributed by atoms with Crippen LogP contribution in [0.4, 0.5) is 0 Å². The highest BCUT2D eigenvalue weighted by Crippen LogP contribution is 2.30. The van der Waals surface area contributed by atoms with Crippen LogP contribution in [0.25, 0.3) is 22.1 Å². The van der Waals surface area contributed by atoms with Crippen molar-refractivity contribution in [3.63, 3.8) is 0 Å². The molecule has 0 amide bonds. The van der Waals surface area contributed by atoms with Crippen molar-refractivity contribution in [1.82, 2.24) is 0 Å². The zero-order valence-corrected chi connectivity index (χ0v) is 11.6. The average Bonchev–Trinajstić information content (AvgIpc) is 2.39. The van der Waals surface area contributed by atoms with Gasteiger partial charge in [0.05, 0.1) is 16.0 Å². The van der Waals surface area contributed by atoms with Crippen LogP contribution in [0.1, 0.15) is 0 Å². The maximum absolute atomic E-state index is 12.5.